The van der Waals surface area contributed by atoms with E-state index in [1.165, 1.54) is 116 Å². The summed E-state index contributed by atoms with van der Waals surface area (Å²) in [4.78, 5) is 0. The molecule has 0 aromatic heterocycles. The van der Waals surface area contributed by atoms with Gasteiger partial charge in [-0.05, 0) is 37.7 Å². The Morgan fingerprint density at radius 1 is 0.345 bits per heavy atom. The fourth-order valence-electron chi connectivity index (χ4n) is 3.68. The molecule has 0 aliphatic carbocycles. The Balaban J connectivity index is -0.000000480. The van der Waals surface area contributed by atoms with E-state index >= 15 is 0 Å². The zero-order valence-corrected chi connectivity index (χ0v) is 25.0. The highest BCUT2D eigenvalue weighted by Crippen LogP contribution is 2.39. The summed E-state index contributed by atoms with van der Waals surface area (Å²) in [5.41, 5.74) is 0. The van der Waals surface area contributed by atoms with E-state index in [9.17, 15) is 0 Å². The van der Waals surface area contributed by atoms with E-state index in [-0.39, 0.29) is 47.1 Å². The van der Waals surface area contributed by atoms with Crippen LogP contribution in [-0.2, 0) is 0 Å². The molecule has 0 saturated heterocycles. The van der Waals surface area contributed by atoms with Gasteiger partial charge in [0.15, 0.2) is 0 Å². The highest BCUT2D eigenvalue weighted by Gasteiger charge is 2.07. The Hall–Kier alpha value is 1.73. The molecule has 29 heavy (non-hydrogen) atoms. The molecule has 5 heteroatoms. The quantitative estimate of drug-likeness (QED) is 0.106. The topological polar surface area (TPSA) is 0 Å². The highest BCUT2D eigenvalue weighted by molar-refractivity contribution is 7.57. The van der Waals surface area contributed by atoms with Gasteiger partial charge in [-0.3, -0.25) is 0 Å². The van der Waals surface area contributed by atoms with E-state index in [1.54, 1.807) is 18.5 Å². The van der Waals surface area contributed by atoms with Gasteiger partial charge in [-0.15, -0.1) is 45.1 Å². The van der Waals surface area contributed by atoms with Crippen LogP contribution in [0.1, 0.15) is 136 Å². The van der Waals surface area contributed by atoms with Gasteiger partial charge in [-0.25, -0.2) is 0 Å². The van der Waals surface area contributed by atoms with Crippen molar-refractivity contribution in [1.29, 1.82) is 0 Å². The van der Waals surface area contributed by atoms with Crippen LogP contribution in [0.3, 0.4) is 0 Å². The lowest BCUT2D eigenvalue weighted by Gasteiger charge is -2.18. The number of rotatable bonds is 21. The summed E-state index contributed by atoms with van der Waals surface area (Å²) in [6, 6.07) is 0. The maximum atomic E-state index is 2.32. The van der Waals surface area contributed by atoms with Crippen LogP contribution in [0.25, 0.3) is 0 Å². The Kier molecular flexibility index (Phi) is 52.4. The third-order valence-corrected chi connectivity index (χ3v) is 8.33. The van der Waals surface area contributed by atoms with Gasteiger partial charge in [0.2, 0.25) is 0 Å². The summed E-state index contributed by atoms with van der Waals surface area (Å²) in [6.45, 7) is 6.96. The van der Waals surface area contributed by atoms with Gasteiger partial charge in [0.25, 0.3) is 0 Å². The maximum absolute atomic E-state index is 2.32. The van der Waals surface area contributed by atoms with E-state index in [1.807, 2.05) is 0 Å². The molecule has 0 aliphatic heterocycles. The Labute approximate surface area is 209 Å². The van der Waals surface area contributed by atoms with Gasteiger partial charge in [-0.1, -0.05) is 117 Å². The molecule has 0 aromatic carbocycles. The van der Waals surface area contributed by atoms with Gasteiger partial charge in [0, 0.05) is 0 Å². The van der Waals surface area contributed by atoms with E-state index in [4.69, 9.17) is 0 Å². The van der Waals surface area contributed by atoms with Crippen molar-refractivity contribution in [2.24, 2.45) is 0 Å². The summed E-state index contributed by atoms with van der Waals surface area (Å²) in [5.74, 6) is 0. The number of halogens is 3. The van der Waals surface area contributed by atoms with Crippen LogP contribution in [0.15, 0.2) is 0 Å². The molecule has 0 aromatic rings. The predicted molar refractivity (Wildman–Crippen MR) is 154 cm³/mol. The first kappa shape index (κ1) is 41.0. The third-order valence-electron chi connectivity index (χ3n) is 5.48. The fourth-order valence-corrected chi connectivity index (χ4v) is 6.37. The van der Waals surface area contributed by atoms with E-state index in [2.05, 4.69) is 20.8 Å². The largest absolute Gasteiger partial charge is 0.153 e. The zero-order chi connectivity index (χ0) is 18.4. The van der Waals surface area contributed by atoms with Crippen LogP contribution in [0, 0.1) is 0 Å². The van der Waals surface area contributed by atoms with E-state index < -0.39 is 0 Å². The molecule has 0 saturated carbocycles. The van der Waals surface area contributed by atoms with E-state index in [0.29, 0.717) is 7.92 Å². The summed E-state index contributed by atoms with van der Waals surface area (Å²) in [5, 5.41) is 0. The lowest BCUT2D eigenvalue weighted by atomic mass is 10.1. The van der Waals surface area contributed by atoms with Crippen LogP contribution in [-0.4, -0.2) is 18.5 Å². The van der Waals surface area contributed by atoms with E-state index in [0.717, 1.165) is 0 Å². The number of hydrogen-bond acceptors (Lipinski definition) is 0. The van der Waals surface area contributed by atoms with Crippen molar-refractivity contribution >= 4 is 55.0 Å². The lowest BCUT2D eigenvalue weighted by molar-refractivity contribution is 0.617. The van der Waals surface area contributed by atoms with Gasteiger partial charge in [-0.2, -0.15) is 9.90 Å². The monoisotopic (exact) mass is 512 g/mol. The van der Waals surface area contributed by atoms with Crippen molar-refractivity contribution in [1.82, 2.24) is 0 Å². The van der Waals surface area contributed by atoms with Gasteiger partial charge >= 0.3 is 0 Å². The molecule has 0 heterocycles. The molecule has 0 aliphatic rings. The second-order valence-electron chi connectivity index (χ2n) is 8.14. The minimum atomic E-state index is 0. The SMILES string of the molecule is CCCCCCCCP(CCCCCCCC)CCCCCCCC.Cl.Cl.Cl.P. The molecule has 0 N–H and O–H groups in total. The molecule has 0 nitrogen and oxygen atoms in total. The molecule has 1 atom stereocenters. The summed E-state index contributed by atoms with van der Waals surface area (Å²) >= 11 is 0. The Bertz CT molecular complexity index is 206. The third kappa shape index (κ3) is 34.5. The number of unbranched alkanes of at least 4 members (excludes halogenated alkanes) is 15. The Morgan fingerprint density at radius 3 is 0.793 bits per heavy atom. The van der Waals surface area contributed by atoms with Crippen LogP contribution >= 0.6 is 55.0 Å². The van der Waals surface area contributed by atoms with Crippen LogP contribution in [0.2, 0.25) is 0 Å². The molecule has 0 radical (unpaired) electrons. The minimum absolute atomic E-state index is 0. The van der Waals surface area contributed by atoms with Crippen molar-refractivity contribution in [2.75, 3.05) is 18.5 Å². The molecule has 0 rings (SSSR count). The van der Waals surface area contributed by atoms with Crippen molar-refractivity contribution in [3.05, 3.63) is 0 Å². The molecular weight excluding hydrogens is 457 g/mol. The van der Waals surface area contributed by atoms with Crippen molar-refractivity contribution in [3.63, 3.8) is 0 Å². The van der Waals surface area contributed by atoms with Gasteiger partial charge < -0.3 is 0 Å². The smallest absolute Gasteiger partial charge is 0.0326 e. The summed E-state index contributed by atoms with van der Waals surface area (Å²) in [7, 11) is 0.366. The van der Waals surface area contributed by atoms with Crippen molar-refractivity contribution < 1.29 is 0 Å². The normalized spacial score (nSPS) is 9.93. The first-order chi connectivity index (χ1) is 12.3. The summed E-state index contributed by atoms with van der Waals surface area (Å²) in [6.07, 6.45) is 31.2. The summed E-state index contributed by atoms with van der Waals surface area (Å²) < 4.78 is 0. The molecule has 0 amide bonds. The molecule has 0 fully saturated rings. The lowest BCUT2D eigenvalue weighted by Crippen LogP contribution is -1.97. The molecular formula is C24H57Cl3P2. The standard InChI is InChI=1S/C24H51P.3ClH.H3P/c1-4-7-10-13-16-19-22-25(23-20-17-14-11-8-5-2)24-21-18-15-12-9-6-3;;;;/h4-24H2,1-3H3;3*1H;1H3. The first-order valence-corrected chi connectivity index (χ1v) is 14.0. The van der Waals surface area contributed by atoms with Crippen LogP contribution in [0.4, 0.5) is 0 Å². The zero-order valence-electron chi connectivity index (χ0n) is 20.2. The average Bonchev–Trinajstić information content (AvgIpc) is 2.63. The molecule has 184 valence electrons. The fraction of sp³-hybridized carbons (Fsp3) is 1.00. The van der Waals surface area contributed by atoms with Crippen LogP contribution < -0.4 is 0 Å². The second-order valence-corrected chi connectivity index (χ2v) is 10.8. The number of hydrogen-bond donors (Lipinski definition) is 0. The van der Waals surface area contributed by atoms with Crippen molar-refractivity contribution in [3.8, 4) is 0 Å². The molecule has 0 bridgehead atoms. The first-order valence-electron chi connectivity index (χ1n) is 12.1. The Morgan fingerprint density at radius 2 is 0.552 bits per heavy atom. The molecule has 0 spiro atoms. The highest BCUT2D eigenvalue weighted by atomic mass is 35.5. The minimum Gasteiger partial charge on any atom is -0.153 e. The average molecular weight is 514 g/mol. The predicted octanol–water partition coefficient (Wildman–Crippen LogP) is 10.9. The molecule has 1 unspecified atom stereocenters. The van der Waals surface area contributed by atoms with Gasteiger partial charge in [0.05, 0.1) is 0 Å². The van der Waals surface area contributed by atoms with Crippen LogP contribution in [0.5, 0.6) is 0 Å². The maximum Gasteiger partial charge on any atom is -0.0326 e. The van der Waals surface area contributed by atoms with Gasteiger partial charge in [0.1, 0.15) is 0 Å². The second kappa shape index (κ2) is 37.1. The van der Waals surface area contributed by atoms with Crippen molar-refractivity contribution in [2.45, 2.75) is 136 Å².